The van der Waals surface area contributed by atoms with Crippen molar-refractivity contribution in [2.45, 2.75) is 25.3 Å². The smallest absolute Gasteiger partial charge is 0.265 e. The number of nitrogens with zero attached hydrogens (tertiary/aromatic N) is 1. The molecule has 108 valence electrons. The quantitative estimate of drug-likeness (QED) is 0.923. The first-order chi connectivity index (χ1) is 9.52. The number of aryl methyl sites for hydroxylation is 1. The molecule has 0 unspecified atom stereocenters. The minimum atomic E-state index is -3.65. The summed E-state index contributed by atoms with van der Waals surface area (Å²) in [6.45, 7) is 3.62. The molecule has 0 spiro atoms. The fourth-order valence-electron chi connectivity index (χ4n) is 2.14. The lowest BCUT2D eigenvalue weighted by Crippen LogP contribution is -2.31. The minimum Gasteiger partial charge on any atom is -0.391 e. The van der Waals surface area contributed by atoms with E-state index in [0.717, 1.165) is 0 Å². The van der Waals surface area contributed by atoms with E-state index in [0.29, 0.717) is 22.7 Å². The number of hydrogen-bond acceptors (Lipinski definition) is 4. The van der Waals surface area contributed by atoms with E-state index in [-0.39, 0.29) is 11.5 Å². The zero-order valence-electron chi connectivity index (χ0n) is 11.4. The molecule has 6 heteroatoms. The topological polar surface area (TPSA) is 57.6 Å². The van der Waals surface area contributed by atoms with E-state index in [2.05, 4.69) is 0 Å². The SMILES string of the molecule is CCN(c1ccccc1)S(=O)(=O)c1c(C)csc1CO. The number of thiophene rings is 1. The van der Waals surface area contributed by atoms with E-state index < -0.39 is 10.0 Å². The molecule has 0 fully saturated rings. The molecule has 0 amide bonds. The fourth-order valence-corrected chi connectivity index (χ4v) is 5.23. The van der Waals surface area contributed by atoms with Crippen molar-refractivity contribution >= 4 is 27.0 Å². The van der Waals surface area contributed by atoms with Crippen LogP contribution in [0, 0.1) is 6.92 Å². The molecule has 1 heterocycles. The Morgan fingerprint density at radius 2 is 1.90 bits per heavy atom. The summed E-state index contributed by atoms with van der Waals surface area (Å²) < 4.78 is 27.1. The van der Waals surface area contributed by atoms with Gasteiger partial charge in [-0.2, -0.15) is 0 Å². The maximum absolute atomic E-state index is 12.8. The predicted octanol–water partition coefficient (Wildman–Crippen LogP) is 2.76. The molecule has 0 aliphatic rings. The second-order valence-electron chi connectivity index (χ2n) is 4.33. The number of anilines is 1. The van der Waals surface area contributed by atoms with Gasteiger partial charge < -0.3 is 5.11 Å². The highest BCUT2D eigenvalue weighted by Gasteiger charge is 2.28. The lowest BCUT2D eigenvalue weighted by molar-refractivity contribution is 0.282. The molecule has 0 aliphatic carbocycles. The number of rotatable bonds is 5. The van der Waals surface area contributed by atoms with Crippen molar-refractivity contribution in [3.05, 3.63) is 46.2 Å². The van der Waals surface area contributed by atoms with Crippen LogP contribution in [0.2, 0.25) is 0 Å². The number of para-hydroxylation sites is 1. The monoisotopic (exact) mass is 311 g/mol. The van der Waals surface area contributed by atoms with E-state index in [1.165, 1.54) is 15.6 Å². The average molecular weight is 311 g/mol. The van der Waals surface area contributed by atoms with Gasteiger partial charge in [0.05, 0.1) is 17.2 Å². The second-order valence-corrected chi connectivity index (χ2v) is 7.10. The molecule has 4 nitrogen and oxygen atoms in total. The van der Waals surface area contributed by atoms with Gasteiger partial charge in [-0.1, -0.05) is 18.2 Å². The Morgan fingerprint density at radius 3 is 2.45 bits per heavy atom. The molecule has 0 atom stereocenters. The molecule has 0 saturated carbocycles. The molecule has 1 aromatic carbocycles. The van der Waals surface area contributed by atoms with Gasteiger partial charge in [0.2, 0.25) is 0 Å². The second kappa shape index (κ2) is 5.95. The molecule has 20 heavy (non-hydrogen) atoms. The van der Waals surface area contributed by atoms with Crippen molar-refractivity contribution in [2.75, 3.05) is 10.8 Å². The molecule has 0 radical (unpaired) electrons. The van der Waals surface area contributed by atoms with Crippen LogP contribution in [0.15, 0.2) is 40.6 Å². The molecule has 1 N–H and O–H groups in total. The molecular formula is C14H17NO3S2. The van der Waals surface area contributed by atoms with Crippen molar-refractivity contribution in [1.29, 1.82) is 0 Å². The summed E-state index contributed by atoms with van der Waals surface area (Å²) in [5.74, 6) is 0. The maximum atomic E-state index is 12.8. The molecule has 0 saturated heterocycles. The lowest BCUT2D eigenvalue weighted by Gasteiger charge is -2.23. The van der Waals surface area contributed by atoms with Gasteiger partial charge in [-0.25, -0.2) is 8.42 Å². The van der Waals surface area contributed by atoms with Crippen molar-refractivity contribution in [3.8, 4) is 0 Å². The third-order valence-electron chi connectivity index (χ3n) is 3.01. The number of aliphatic hydroxyl groups is 1. The summed E-state index contributed by atoms with van der Waals surface area (Å²) in [6.07, 6.45) is 0. The van der Waals surface area contributed by atoms with E-state index in [1.54, 1.807) is 43.5 Å². The summed E-state index contributed by atoms with van der Waals surface area (Å²) in [5.41, 5.74) is 1.30. The zero-order valence-corrected chi connectivity index (χ0v) is 13.0. The van der Waals surface area contributed by atoms with E-state index >= 15 is 0 Å². The average Bonchev–Trinajstić information content (AvgIpc) is 2.82. The van der Waals surface area contributed by atoms with Crippen molar-refractivity contribution < 1.29 is 13.5 Å². The summed E-state index contributed by atoms with van der Waals surface area (Å²) in [6, 6.07) is 8.99. The Balaban J connectivity index is 2.56. The van der Waals surface area contributed by atoms with Gasteiger partial charge in [0.1, 0.15) is 4.90 Å². The maximum Gasteiger partial charge on any atom is 0.265 e. The standard InChI is InChI=1S/C14H17NO3S2/c1-3-15(12-7-5-4-6-8-12)20(17,18)14-11(2)10-19-13(14)9-16/h4-8,10,16H,3,9H2,1-2H3. The minimum absolute atomic E-state index is 0.232. The van der Waals surface area contributed by atoms with E-state index in [4.69, 9.17) is 0 Å². The first-order valence-electron chi connectivity index (χ1n) is 6.28. The van der Waals surface area contributed by atoms with Crippen molar-refractivity contribution in [1.82, 2.24) is 0 Å². The lowest BCUT2D eigenvalue weighted by atomic mass is 10.3. The number of hydrogen-bond donors (Lipinski definition) is 1. The summed E-state index contributed by atoms with van der Waals surface area (Å²) >= 11 is 1.27. The molecule has 0 aliphatic heterocycles. The van der Waals surface area contributed by atoms with E-state index in [1.807, 2.05) is 6.07 Å². The van der Waals surface area contributed by atoms with Gasteiger partial charge in [0, 0.05) is 6.54 Å². The Hall–Kier alpha value is -1.37. The van der Waals surface area contributed by atoms with Crippen LogP contribution in [-0.2, 0) is 16.6 Å². The Bertz CT molecular complexity index is 678. The predicted molar refractivity (Wildman–Crippen MR) is 81.6 cm³/mol. The third kappa shape index (κ3) is 2.59. The summed E-state index contributed by atoms with van der Waals surface area (Å²) in [4.78, 5) is 0.715. The molecule has 2 aromatic rings. The normalized spacial score (nSPS) is 11.6. The van der Waals surface area contributed by atoms with Gasteiger partial charge in [0.25, 0.3) is 10.0 Å². The Kier molecular flexibility index (Phi) is 4.47. The summed E-state index contributed by atoms with van der Waals surface area (Å²) in [5, 5.41) is 11.1. The molecule has 1 aromatic heterocycles. The number of aliphatic hydroxyl groups excluding tert-OH is 1. The Morgan fingerprint density at radius 1 is 1.25 bits per heavy atom. The summed E-state index contributed by atoms with van der Waals surface area (Å²) in [7, 11) is -3.65. The van der Waals surface area contributed by atoms with Gasteiger partial charge in [-0.3, -0.25) is 4.31 Å². The first-order valence-corrected chi connectivity index (χ1v) is 8.60. The van der Waals surface area contributed by atoms with Crippen molar-refractivity contribution in [2.24, 2.45) is 0 Å². The highest BCUT2D eigenvalue weighted by atomic mass is 32.2. The van der Waals surface area contributed by atoms with Gasteiger partial charge >= 0.3 is 0 Å². The van der Waals surface area contributed by atoms with Crippen LogP contribution in [0.4, 0.5) is 5.69 Å². The van der Waals surface area contributed by atoms with Crippen LogP contribution in [0.25, 0.3) is 0 Å². The van der Waals surface area contributed by atoms with Crippen LogP contribution < -0.4 is 4.31 Å². The third-order valence-corrected chi connectivity index (χ3v) is 6.36. The van der Waals surface area contributed by atoms with Crippen LogP contribution in [0.3, 0.4) is 0 Å². The first kappa shape index (κ1) is 15.0. The zero-order chi connectivity index (χ0) is 14.8. The van der Waals surface area contributed by atoms with Crippen LogP contribution in [0.1, 0.15) is 17.4 Å². The number of benzene rings is 1. The van der Waals surface area contributed by atoms with Crippen molar-refractivity contribution in [3.63, 3.8) is 0 Å². The fraction of sp³-hybridized carbons (Fsp3) is 0.286. The van der Waals surface area contributed by atoms with Crippen LogP contribution in [-0.4, -0.2) is 20.1 Å². The van der Waals surface area contributed by atoms with Crippen LogP contribution in [0.5, 0.6) is 0 Å². The van der Waals surface area contributed by atoms with Gasteiger partial charge in [0.15, 0.2) is 0 Å². The van der Waals surface area contributed by atoms with Gasteiger partial charge in [-0.15, -0.1) is 11.3 Å². The molecule has 0 bridgehead atoms. The Labute approximate surface area is 123 Å². The van der Waals surface area contributed by atoms with Crippen LogP contribution >= 0.6 is 11.3 Å². The van der Waals surface area contributed by atoms with Gasteiger partial charge in [-0.05, 0) is 36.9 Å². The highest BCUT2D eigenvalue weighted by molar-refractivity contribution is 7.93. The highest BCUT2D eigenvalue weighted by Crippen LogP contribution is 2.31. The molecule has 2 rings (SSSR count). The number of sulfonamides is 1. The molecular weight excluding hydrogens is 294 g/mol. The van der Waals surface area contributed by atoms with E-state index in [9.17, 15) is 13.5 Å². The largest absolute Gasteiger partial charge is 0.391 e.